The first-order valence-electron chi connectivity index (χ1n) is 6.06. The number of nitrogen functional groups attached to an aromatic ring is 1. The van der Waals surface area contributed by atoms with Crippen LogP contribution in [0.5, 0.6) is 0 Å². The van der Waals surface area contributed by atoms with Crippen molar-refractivity contribution in [1.82, 2.24) is 9.97 Å². The number of nitrogens with zero attached hydrogens (tertiary/aromatic N) is 3. The molecule has 3 N–H and O–H groups in total. The van der Waals surface area contributed by atoms with E-state index < -0.39 is 5.82 Å². The van der Waals surface area contributed by atoms with Gasteiger partial charge in [0.25, 0.3) is 0 Å². The number of nitrogens with two attached hydrogens (primary N) is 1. The maximum Gasteiger partial charge on any atom is 0.239 e. The molecule has 0 saturated heterocycles. The second kappa shape index (κ2) is 4.85. The Hall–Kier alpha value is -2.15. The number of rotatable bonds is 5. The number of anilines is 2. The van der Waals surface area contributed by atoms with Gasteiger partial charge < -0.3 is 9.32 Å². The van der Waals surface area contributed by atoms with Crippen LogP contribution in [0.15, 0.2) is 29.0 Å². The molecule has 0 amide bonds. The molecule has 6 nitrogen and oxygen atoms in total. The second-order valence-corrected chi connectivity index (χ2v) is 4.45. The monoisotopic (exact) mass is 263 g/mol. The lowest BCUT2D eigenvalue weighted by atomic mass is 10.3. The number of halogens is 1. The molecule has 0 aliphatic heterocycles. The molecule has 100 valence electrons. The summed E-state index contributed by atoms with van der Waals surface area (Å²) in [6.45, 7) is 0.482. The van der Waals surface area contributed by atoms with E-state index in [9.17, 15) is 4.39 Å². The summed E-state index contributed by atoms with van der Waals surface area (Å²) in [5, 5.41) is 0. The van der Waals surface area contributed by atoms with E-state index in [4.69, 9.17) is 10.3 Å². The molecular weight excluding hydrogens is 249 g/mol. The van der Waals surface area contributed by atoms with Crippen LogP contribution < -0.4 is 16.2 Å². The smallest absolute Gasteiger partial charge is 0.239 e. The molecule has 0 bridgehead atoms. The van der Waals surface area contributed by atoms with Gasteiger partial charge in [-0.1, -0.05) is 0 Å². The van der Waals surface area contributed by atoms with E-state index in [1.165, 1.54) is 0 Å². The van der Waals surface area contributed by atoms with Gasteiger partial charge >= 0.3 is 0 Å². The lowest BCUT2D eigenvalue weighted by molar-refractivity contribution is 0.496. The first-order valence-corrected chi connectivity index (χ1v) is 6.06. The van der Waals surface area contributed by atoms with E-state index in [-0.39, 0.29) is 11.8 Å². The van der Waals surface area contributed by atoms with E-state index >= 15 is 0 Å². The van der Waals surface area contributed by atoms with E-state index in [1.807, 2.05) is 17.0 Å². The van der Waals surface area contributed by atoms with Crippen LogP contribution >= 0.6 is 0 Å². The molecule has 0 unspecified atom stereocenters. The van der Waals surface area contributed by atoms with Crippen LogP contribution in [0.3, 0.4) is 0 Å². The molecule has 1 saturated carbocycles. The Morgan fingerprint density at radius 2 is 2.37 bits per heavy atom. The summed E-state index contributed by atoms with van der Waals surface area (Å²) < 4.78 is 19.2. The lowest BCUT2D eigenvalue weighted by Crippen LogP contribution is -2.27. The molecule has 0 atom stereocenters. The van der Waals surface area contributed by atoms with Gasteiger partial charge in [-0.25, -0.2) is 15.2 Å². The Kier molecular flexibility index (Phi) is 3.04. The number of hydrogen-bond donors (Lipinski definition) is 2. The van der Waals surface area contributed by atoms with Crippen LogP contribution in [0.2, 0.25) is 0 Å². The number of nitrogens with one attached hydrogen (secondary N) is 1. The molecule has 3 rings (SSSR count). The van der Waals surface area contributed by atoms with Gasteiger partial charge in [0.1, 0.15) is 5.76 Å². The fourth-order valence-corrected chi connectivity index (χ4v) is 1.96. The van der Waals surface area contributed by atoms with Crippen molar-refractivity contribution in [2.75, 3.05) is 10.3 Å². The minimum absolute atomic E-state index is 0.196. The normalized spacial score (nSPS) is 14.4. The Balaban J connectivity index is 1.91. The van der Waals surface area contributed by atoms with Gasteiger partial charge in [-0.15, -0.1) is 0 Å². The summed E-state index contributed by atoms with van der Waals surface area (Å²) in [6.07, 6.45) is 4.77. The molecule has 0 spiro atoms. The van der Waals surface area contributed by atoms with Crippen molar-refractivity contribution in [3.8, 4) is 0 Å². The van der Waals surface area contributed by atoms with Crippen LogP contribution in [0.1, 0.15) is 18.6 Å². The minimum atomic E-state index is -0.461. The van der Waals surface area contributed by atoms with E-state index in [0.29, 0.717) is 12.6 Å². The first kappa shape index (κ1) is 11.9. The maximum absolute atomic E-state index is 13.9. The minimum Gasteiger partial charge on any atom is -0.467 e. The molecule has 19 heavy (non-hydrogen) atoms. The number of furan rings is 1. The zero-order chi connectivity index (χ0) is 13.2. The highest BCUT2D eigenvalue weighted by atomic mass is 19.1. The van der Waals surface area contributed by atoms with Gasteiger partial charge in [0, 0.05) is 6.04 Å². The van der Waals surface area contributed by atoms with Crippen LogP contribution in [-0.2, 0) is 6.54 Å². The second-order valence-electron chi connectivity index (χ2n) is 4.45. The first-order chi connectivity index (χ1) is 9.28. The predicted molar refractivity (Wildman–Crippen MR) is 67.7 cm³/mol. The average molecular weight is 263 g/mol. The molecular formula is C12H14FN5O. The van der Waals surface area contributed by atoms with Gasteiger partial charge in [0.2, 0.25) is 5.95 Å². The fraction of sp³-hybridized carbons (Fsp3) is 0.333. The molecule has 0 aromatic carbocycles. The van der Waals surface area contributed by atoms with Crippen LogP contribution in [0.4, 0.5) is 16.2 Å². The predicted octanol–water partition coefficient (Wildman–Crippen LogP) is 1.66. The summed E-state index contributed by atoms with van der Waals surface area (Å²) in [5.74, 6) is 6.02. The van der Waals surface area contributed by atoms with Crippen molar-refractivity contribution < 1.29 is 8.81 Å². The zero-order valence-electron chi connectivity index (χ0n) is 10.2. The quantitative estimate of drug-likeness (QED) is 0.631. The summed E-state index contributed by atoms with van der Waals surface area (Å²) >= 11 is 0. The van der Waals surface area contributed by atoms with Gasteiger partial charge in [-0.2, -0.15) is 4.98 Å². The number of hydrazine groups is 1. The highest BCUT2D eigenvalue weighted by molar-refractivity contribution is 5.46. The molecule has 1 aliphatic carbocycles. The van der Waals surface area contributed by atoms with Crippen molar-refractivity contribution in [1.29, 1.82) is 0 Å². The summed E-state index contributed by atoms with van der Waals surface area (Å²) in [7, 11) is 0. The topological polar surface area (TPSA) is 80.2 Å². The molecule has 2 aromatic rings. The van der Waals surface area contributed by atoms with E-state index in [2.05, 4.69) is 15.4 Å². The average Bonchev–Trinajstić information content (AvgIpc) is 3.14. The van der Waals surface area contributed by atoms with Crippen molar-refractivity contribution in [2.24, 2.45) is 5.84 Å². The largest absolute Gasteiger partial charge is 0.467 e. The van der Waals surface area contributed by atoms with Crippen molar-refractivity contribution in [3.63, 3.8) is 0 Å². The molecule has 1 fully saturated rings. The third-order valence-electron chi connectivity index (χ3n) is 3.02. The zero-order valence-corrected chi connectivity index (χ0v) is 10.2. The molecule has 7 heteroatoms. The summed E-state index contributed by atoms with van der Waals surface area (Å²) in [6, 6.07) is 3.96. The van der Waals surface area contributed by atoms with E-state index in [1.54, 1.807) is 6.26 Å². The van der Waals surface area contributed by atoms with Crippen molar-refractivity contribution in [2.45, 2.75) is 25.4 Å². The number of hydrogen-bond acceptors (Lipinski definition) is 6. The maximum atomic E-state index is 13.9. The molecule has 1 aliphatic rings. The third-order valence-corrected chi connectivity index (χ3v) is 3.02. The Morgan fingerprint density at radius 3 is 3.00 bits per heavy atom. The lowest BCUT2D eigenvalue weighted by Gasteiger charge is -2.22. The van der Waals surface area contributed by atoms with Gasteiger partial charge in [-0.05, 0) is 25.0 Å². The van der Waals surface area contributed by atoms with Gasteiger partial charge in [0.05, 0.1) is 19.0 Å². The van der Waals surface area contributed by atoms with E-state index in [0.717, 1.165) is 24.8 Å². The Labute approximate surface area is 109 Å². The Bertz CT molecular complexity index is 555. The van der Waals surface area contributed by atoms with Gasteiger partial charge in [-0.3, -0.25) is 5.43 Å². The highest BCUT2D eigenvalue weighted by Gasteiger charge is 2.32. The van der Waals surface area contributed by atoms with Crippen LogP contribution in [0.25, 0.3) is 0 Å². The Morgan fingerprint density at radius 1 is 1.53 bits per heavy atom. The molecule has 0 radical (unpaired) electrons. The fourth-order valence-electron chi connectivity index (χ4n) is 1.96. The van der Waals surface area contributed by atoms with Crippen LogP contribution in [0, 0.1) is 5.82 Å². The summed E-state index contributed by atoms with van der Waals surface area (Å²) in [4.78, 5) is 9.72. The van der Waals surface area contributed by atoms with Crippen molar-refractivity contribution in [3.05, 3.63) is 36.2 Å². The standard InChI is InChI=1S/C12H14FN5O/c13-10-6-15-12(17-14)16-11(10)18(8-3-4-8)7-9-2-1-5-19-9/h1-2,5-6,8H,3-4,7,14H2,(H,15,16,17). The molecule has 2 aromatic heterocycles. The van der Waals surface area contributed by atoms with Gasteiger partial charge in [0.15, 0.2) is 11.6 Å². The van der Waals surface area contributed by atoms with Crippen LogP contribution in [-0.4, -0.2) is 16.0 Å². The van der Waals surface area contributed by atoms with Crippen molar-refractivity contribution >= 4 is 11.8 Å². The third kappa shape index (κ3) is 2.50. The number of aromatic nitrogens is 2. The summed E-state index contributed by atoms with van der Waals surface area (Å²) in [5.41, 5.74) is 2.33. The highest BCUT2D eigenvalue weighted by Crippen LogP contribution is 2.33. The SMILES string of the molecule is NNc1ncc(F)c(N(Cc2ccco2)C2CC2)n1. The molecule has 2 heterocycles.